The van der Waals surface area contributed by atoms with Crippen molar-refractivity contribution in [1.29, 1.82) is 0 Å². The number of carbonyl (C=O) groups is 3. The molecule has 4 aliphatic rings. The minimum atomic E-state index is -2.55. The van der Waals surface area contributed by atoms with Gasteiger partial charge in [0, 0.05) is 45.1 Å². The Morgan fingerprint density at radius 3 is 1.55 bits per heavy atom. The fraction of sp³-hybridized carbons (Fsp3) is 0.746. The second-order valence-electron chi connectivity index (χ2n) is 29.6. The third-order valence-corrected chi connectivity index (χ3v) is 32.1. The van der Waals surface area contributed by atoms with Crippen LogP contribution in [0.4, 0.5) is 0 Å². The molecule has 0 N–H and O–H groups in total. The molecule has 0 aromatic rings. The molecule has 3 fully saturated rings. The van der Waals surface area contributed by atoms with Gasteiger partial charge in [0.1, 0.15) is 12.0 Å². The van der Waals surface area contributed by atoms with Crippen molar-refractivity contribution in [1.82, 2.24) is 0 Å². The molecule has 4 heterocycles. The fourth-order valence-corrected chi connectivity index (χ4v) is 14.9. The first-order chi connectivity index (χ1) is 38.6. The van der Waals surface area contributed by atoms with Gasteiger partial charge in [-0.05, 0) is 114 Å². The number of allylic oxidation sites excluding steroid dienone is 13. The molecule has 6 bridgehead atoms. The number of carbonyl (C=O) groups excluding carboxylic acids is 3. The topological polar surface area (TPSA) is 153 Å². The zero-order valence-corrected chi connectivity index (χ0v) is 59.4. The summed E-state index contributed by atoms with van der Waals surface area (Å²) >= 11 is 0. The SMILES string of the molecule is COC(=O)[C@H]1[C@@H]2CC(=O)/C=C/C=C/C=C/C=C/C=C/C=C/C=C/[C@H](C)[C@@H](O[Si](C)(C)C(C)(C)C)[C@@H](C)[C@H](C)OC(=O)C[C@H]3C[C@@H](CC[C@@H](O[Si](C)(C)C(C)(C)C)[C@H]4C[C@@H](C[C@](OC)(C[C@@H]1O[Si](C)(C)C(C)(C)C)O2)OC(C)(C)O4)OC(C)(C)O3. The number of fused-ring (bicyclic) bond motifs is 6. The maximum atomic E-state index is 14.1. The molecule has 0 aliphatic carbocycles. The molecule has 84 heavy (non-hydrogen) atoms. The lowest BCUT2D eigenvalue weighted by Crippen LogP contribution is -2.61. The number of ether oxygens (including phenoxy) is 8. The highest BCUT2D eigenvalue weighted by Gasteiger charge is 2.56. The van der Waals surface area contributed by atoms with Crippen LogP contribution in [0.2, 0.25) is 54.4 Å². The summed E-state index contributed by atoms with van der Waals surface area (Å²) in [5.74, 6) is -5.43. The third kappa shape index (κ3) is 21.7. The summed E-state index contributed by atoms with van der Waals surface area (Å²) in [7, 11) is -4.27. The lowest BCUT2D eigenvalue weighted by Gasteiger charge is -2.52. The van der Waals surface area contributed by atoms with E-state index in [1.165, 1.54) is 13.2 Å². The van der Waals surface area contributed by atoms with Crippen molar-refractivity contribution in [2.24, 2.45) is 17.8 Å². The summed E-state index contributed by atoms with van der Waals surface area (Å²) in [6, 6.07) is 0. The van der Waals surface area contributed by atoms with Crippen LogP contribution in [0.1, 0.15) is 162 Å². The average molecular weight is 1230 g/mol. The number of hydrogen-bond donors (Lipinski definition) is 0. The Morgan fingerprint density at radius 2 is 1.02 bits per heavy atom. The summed E-state index contributed by atoms with van der Waals surface area (Å²) in [5, 5.41) is -0.345. The van der Waals surface area contributed by atoms with E-state index in [1.807, 2.05) is 95.4 Å². The molecule has 0 amide bonds. The van der Waals surface area contributed by atoms with E-state index >= 15 is 0 Å². The van der Waals surface area contributed by atoms with Gasteiger partial charge in [0.05, 0.1) is 62.4 Å². The van der Waals surface area contributed by atoms with Crippen molar-refractivity contribution in [3.63, 3.8) is 0 Å². The highest BCUT2D eigenvalue weighted by Crippen LogP contribution is 2.48. The zero-order valence-electron chi connectivity index (χ0n) is 56.4. The molecule has 14 nitrogen and oxygen atoms in total. The lowest BCUT2D eigenvalue weighted by atomic mass is 9.82. The minimum Gasteiger partial charge on any atom is -0.469 e. The second-order valence-corrected chi connectivity index (χ2v) is 43.9. The van der Waals surface area contributed by atoms with Crippen LogP contribution in [0.15, 0.2) is 85.1 Å². The normalized spacial score (nSPS) is 35.3. The third-order valence-electron chi connectivity index (χ3n) is 18.6. The van der Waals surface area contributed by atoms with E-state index in [-0.39, 0.29) is 82.7 Å². The van der Waals surface area contributed by atoms with Crippen molar-refractivity contribution in [2.75, 3.05) is 14.2 Å². The maximum Gasteiger partial charge on any atom is 0.313 e. The van der Waals surface area contributed by atoms with Crippen molar-refractivity contribution >= 4 is 42.7 Å². The van der Waals surface area contributed by atoms with Gasteiger partial charge in [0.2, 0.25) is 0 Å². The Labute approximate surface area is 511 Å². The molecular weight excluding hydrogens is 1110 g/mol. The maximum absolute atomic E-state index is 14.1. The first-order valence-corrected chi connectivity index (χ1v) is 39.7. The standard InChI is InChI=1S/C67H114O14Si3/c1-47-37-35-33-31-29-27-25-26-28-30-32-34-36-38-50(68)41-56-59(61(70)71-17)57(80-83(21,22)63(7,8)9)46-67(72-18,78-56)45-53-43-55(77-66(15,16)76-53)54(79-82(19,20)62(4,5)6)40-39-51-42-52(75-65(13,14)74-51)44-58(69)73-49(3)48(2)60(47)81-84(23,24)64(10,11)12/h25-38,47-49,51-57,59-60H,39-46H2,1-24H3/b26-25+,29-27+,30-28+,33-31+,34-32+,37-35+,38-36+/t47-,48-,49-,51+,52+,53-,54+,55+,56-,57-,59-,60+,67+/m0/s1. The van der Waals surface area contributed by atoms with Crippen LogP contribution in [-0.2, 0) is 65.6 Å². The minimum absolute atomic E-state index is 0.0220. The molecule has 4 rings (SSSR count). The van der Waals surface area contributed by atoms with Gasteiger partial charge >= 0.3 is 11.9 Å². The summed E-state index contributed by atoms with van der Waals surface area (Å²) in [6.45, 7) is 47.2. The molecule has 13 atom stereocenters. The predicted molar refractivity (Wildman–Crippen MR) is 344 cm³/mol. The smallest absolute Gasteiger partial charge is 0.313 e. The highest BCUT2D eigenvalue weighted by molar-refractivity contribution is 6.75. The fourth-order valence-electron chi connectivity index (χ4n) is 10.7. The molecule has 0 saturated carbocycles. The summed E-state index contributed by atoms with van der Waals surface area (Å²) < 4.78 is 74.0. The van der Waals surface area contributed by atoms with Crippen molar-refractivity contribution < 1.29 is 65.6 Å². The van der Waals surface area contributed by atoms with E-state index in [2.05, 4.69) is 122 Å². The van der Waals surface area contributed by atoms with Crippen LogP contribution in [-0.4, -0.2) is 129 Å². The van der Waals surface area contributed by atoms with Crippen molar-refractivity contribution in [3.8, 4) is 0 Å². The summed E-state index contributed by atoms with van der Waals surface area (Å²) in [5.41, 5.74) is 0. The van der Waals surface area contributed by atoms with Crippen molar-refractivity contribution in [2.45, 2.75) is 289 Å². The largest absolute Gasteiger partial charge is 0.469 e. The molecule has 17 heteroatoms. The average Bonchev–Trinajstić information content (AvgIpc) is 2.47. The van der Waals surface area contributed by atoms with Crippen LogP contribution in [0.3, 0.4) is 0 Å². The van der Waals surface area contributed by atoms with E-state index in [9.17, 15) is 14.4 Å². The van der Waals surface area contributed by atoms with Gasteiger partial charge in [-0.3, -0.25) is 14.4 Å². The predicted octanol–water partition coefficient (Wildman–Crippen LogP) is 15.5. The van der Waals surface area contributed by atoms with Crippen LogP contribution in [0.5, 0.6) is 0 Å². The Kier molecular flexibility index (Phi) is 26.3. The molecule has 0 radical (unpaired) electrons. The molecular formula is C67H114O14Si3. The summed E-state index contributed by atoms with van der Waals surface area (Å²) in [4.78, 5) is 42.1. The van der Waals surface area contributed by atoms with Crippen LogP contribution < -0.4 is 0 Å². The Bertz CT molecular complexity index is 2360. The first-order valence-electron chi connectivity index (χ1n) is 31.0. The summed E-state index contributed by atoms with van der Waals surface area (Å²) in [6.07, 6.45) is 24.8. The molecule has 0 spiro atoms. The highest BCUT2D eigenvalue weighted by atomic mass is 28.4. The number of rotatable bonds is 8. The number of cyclic esters (lactones) is 1. The van der Waals surface area contributed by atoms with E-state index in [1.54, 1.807) is 19.3 Å². The van der Waals surface area contributed by atoms with Crippen LogP contribution in [0.25, 0.3) is 0 Å². The zero-order chi connectivity index (χ0) is 63.5. The van der Waals surface area contributed by atoms with Gasteiger partial charge in [-0.15, -0.1) is 0 Å². The Hall–Kier alpha value is -2.92. The van der Waals surface area contributed by atoms with E-state index in [0.717, 1.165) is 0 Å². The molecule has 3 saturated heterocycles. The number of ketones is 1. The Balaban J connectivity index is 1.80. The molecule has 0 unspecified atom stereocenters. The van der Waals surface area contributed by atoms with Crippen molar-refractivity contribution in [3.05, 3.63) is 85.1 Å². The van der Waals surface area contributed by atoms with E-state index in [0.29, 0.717) is 25.7 Å². The van der Waals surface area contributed by atoms with Gasteiger partial charge in [-0.2, -0.15) is 0 Å². The first kappa shape index (κ1) is 73.5. The molecule has 0 aromatic carbocycles. The van der Waals surface area contributed by atoms with Gasteiger partial charge < -0.3 is 51.2 Å². The molecule has 0 aromatic heterocycles. The van der Waals surface area contributed by atoms with Gasteiger partial charge in [-0.25, -0.2) is 0 Å². The van der Waals surface area contributed by atoms with E-state index in [4.69, 9.17) is 51.2 Å². The number of hydrogen-bond acceptors (Lipinski definition) is 14. The molecule has 4 aliphatic heterocycles. The number of esters is 2. The quantitative estimate of drug-likeness (QED) is 0.167. The Morgan fingerprint density at radius 1 is 0.548 bits per heavy atom. The van der Waals surface area contributed by atoms with Gasteiger partial charge in [0.25, 0.3) is 0 Å². The van der Waals surface area contributed by atoms with Gasteiger partial charge in [-0.1, -0.05) is 155 Å². The monoisotopic (exact) mass is 1230 g/mol. The number of methoxy groups -OCH3 is 2. The second kappa shape index (κ2) is 30.1. The lowest BCUT2D eigenvalue weighted by molar-refractivity contribution is -0.345. The van der Waals surface area contributed by atoms with Crippen LogP contribution >= 0.6 is 0 Å². The van der Waals surface area contributed by atoms with Gasteiger partial charge in [0.15, 0.2) is 48.1 Å². The van der Waals surface area contributed by atoms with E-state index < -0.39 is 90.8 Å². The van der Waals surface area contributed by atoms with Crippen LogP contribution in [0, 0.1) is 17.8 Å². The molecule has 478 valence electrons.